The molecule has 0 fully saturated rings. The summed E-state index contributed by atoms with van der Waals surface area (Å²) in [6.07, 6.45) is -4.29. The quantitative estimate of drug-likeness (QED) is 0.517. The number of amides is 2. The molecule has 3 heterocycles. The van der Waals surface area contributed by atoms with Gasteiger partial charge < -0.3 is 15.1 Å². The first-order valence-electron chi connectivity index (χ1n) is 8.91. The molecule has 0 aliphatic carbocycles. The van der Waals surface area contributed by atoms with Gasteiger partial charge in [-0.25, -0.2) is 9.18 Å². The van der Waals surface area contributed by atoms with Crippen molar-refractivity contribution in [3.8, 4) is 0 Å². The Hall–Kier alpha value is -4.16. The number of hydrogen-bond donors (Lipinski definition) is 3. The Bertz CT molecular complexity index is 1340. The number of rotatable bonds is 4. The van der Waals surface area contributed by atoms with Gasteiger partial charge in [-0.1, -0.05) is 12.1 Å². The number of anilines is 1. The third-order valence-electron chi connectivity index (χ3n) is 4.89. The predicted octanol–water partition coefficient (Wildman–Crippen LogP) is 1.46. The fraction of sp³-hybridized carbons (Fsp3) is 0.158. The molecule has 1 aliphatic heterocycles. The number of fused-ring (bicyclic) bond motifs is 1. The maximum atomic E-state index is 14.3. The summed E-state index contributed by atoms with van der Waals surface area (Å²) < 4.78 is 62.5. The zero-order valence-corrected chi connectivity index (χ0v) is 15.7. The van der Waals surface area contributed by atoms with Crippen molar-refractivity contribution in [3.63, 3.8) is 0 Å². The minimum atomic E-state index is -5.54. The number of aromatic amines is 1. The number of aromatic nitrogens is 2. The van der Waals surface area contributed by atoms with Gasteiger partial charge in [-0.2, -0.15) is 13.2 Å². The van der Waals surface area contributed by atoms with E-state index < -0.39 is 64.1 Å². The molecule has 0 saturated carbocycles. The second-order valence-electron chi connectivity index (χ2n) is 6.78. The summed E-state index contributed by atoms with van der Waals surface area (Å²) in [5, 5.41) is 3.33. The van der Waals surface area contributed by atoms with Gasteiger partial charge in [0.15, 0.2) is 0 Å². The first-order valence-corrected chi connectivity index (χ1v) is 8.91. The number of carbonyl (C=O) groups excluding carboxylic acids is 2. The van der Waals surface area contributed by atoms with E-state index in [2.05, 4.69) is 0 Å². The van der Waals surface area contributed by atoms with Crippen molar-refractivity contribution < 1.29 is 31.6 Å². The van der Waals surface area contributed by atoms with E-state index in [4.69, 9.17) is 4.42 Å². The molecule has 1 aromatic carbocycles. The monoisotopic (exact) mass is 452 g/mol. The lowest BCUT2D eigenvalue weighted by atomic mass is 9.91. The summed E-state index contributed by atoms with van der Waals surface area (Å²) in [5.41, 5.74) is -8.59. The second kappa shape index (κ2) is 7.21. The Balaban J connectivity index is 1.92. The minimum absolute atomic E-state index is 0.135. The van der Waals surface area contributed by atoms with Gasteiger partial charge in [0.1, 0.15) is 23.0 Å². The first-order chi connectivity index (χ1) is 15.1. The summed E-state index contributed by atoms with van der Waals surface area (Å²) >= 11 is 0. The average molecular weight is 452 g/mol. The van der Waals surface area contributed by atoms with Crippen molar-refractivity contribution in [2.75, 3.05) is 5.32 Å². The van der Waals surface area contributed by atoms with Crippen LogP contribution in [0.4, 0.5) is 23.4 Å². The molecular weight excluding hydrogens is 440 g/mol. The summed E-state index contributed by atoms with van der Waals surface area (Å²) in [7, 11) is 0. The fourth-order valence-electron chi connectivity index (χ4n) is 3.42. The molecule has 3 aromatic rings. The van der Waals surface area contributed by atoms with E-state index in [1.165, 1.54) is 35.8 Å². The van der Waals surface area contributed by atoms with E-state index >= 15 is 0 Å². The molecule has 0 unspecified atom stereocenters. The van der Waals surface area contributed by atoms with Crippen molar-refractivity contribution in [3.05, 3.63) is 86.2 Å². The molecule has 1 atom stereocenters. The number of furan rings is 1. The van der Waals surface area contributed by atoms with Crippen molar-refractivity contribution in [2.45, 2.75) is 18.3 Å². The van der Waals surface area contributed by atoms with E-state index in [0.29, 0.717) is 4.57 Å². The van der Waals surface area contributed by atoms with Crippen LogP contribution in [0.3, 0.4) is 0 Å². The smallest absolute Gasteiger partial charge is 0.425 e. The zero-order chi connectivity index (χ0) is 23.3. The lowest BCUT2D eigenvalue weighted by Crippen LogP contribution is -2.62. The summed E-state index contributed by atoms with van der Waals surface area (Å²) in [6.45, 7) is -0.430. The lowest BCUT2D eigenvalue weighted by molar-refractivity contribution is -0.196. The Morgan fingerprint density at radius 1 is 1.12 bits per heavy atom. The second-order valence-corrected chi connectivity index (χ2v) is 6.78. The topological polar surface area (TPSA) is 126 Å². The van der Waals surface area contributed by atoms with Crippen LogP contribution < -0.4 is 21.9 Å². The molecule has 166 valence electrons. The van der Waals surface area contributed by atoms with Crippen molar-refractivity contribution in [1.82, 2.24) is 14.9 Å². The highest BCUT2D eigenvalue weighted by molar-refractivity contribution is 6.09. The van der Waals surface area contributed by atoms with Gasteiger partial charge in [0, 0.05) is 0 Å². The molecule has 1 aliphatic rings. The predicted molar refractivity (Wildman–Crippen MR) is 99.4 cm³/mol. The van der Waals surface area contributed by atoms with E-state index in [-0.39, 0.29) is 5.76 Å². The molecule has 2 amide bonds. The van der Waals surface area contributed by atoms with Crippen LogP contribution in [0.25, 0.3) is 0 Å². The van der Waals surface area contributed by atoms with E-state index in [0.717, 1.165) is 12.1 Å². The number of nitrogens with zero attached hydrogens (tertiary/aromatic N) is 1. The minimum Gasteiger partial charge on any atom is -0.467 e. The van der Waals surface area contributed by atoms with Gasteiger partial charge in [0.05, 0.1) is 18.4 Å². The van der Waals surface area contributed by atoms with Crippen LogP contribution in [0.1, 0.15) is 21.7 Å². The van der Waals surface area contributed by atoms with Gasteiger partial charge in [-0.15, -0.1) is 0 Å². The van der Waals surface area contributed by atoms with Gasteiger partial charge in [0.25, 0.3) is 22.9 Å². The number of nitrogens with one attached hydrogen (secondary N) is 3. The highest BCUT2D eigenvalue weighted by atomic mass is 19.4. The molecule has 3 N–H and O–H groups in total. The highest BCUT2D eigenvalue weighted by Crippen LogP contribution is 2.45. The van der Waals surface area contributed by atoms with Crippen molar-refractivity contribution in [1.29, 1.82) is 0 Å². The van der Waals surface area contributed by atoms with Crippen LogP contribution in [0.15, 0.2) is 56.7 Å². The van der Waals surface area contributed by atoms with E-state index in [1.807, 2.05) is 5.32 Å². The number of hydrogen-bond acceptors (Lipinski definition) is 5. The van der Waals surface area contributed by atoms with Gasteiger partial charge in [0.2, 0.25) is 0 Å². The number of H-pyrrole nitrogens is 1. The van der Waals surface area contributed by atoms with Gasteiger partial charge in [-0.3, -0.25) is 23.9 Å². The largest absolute Gasteiger partial charge is 0.467 e. The third kappa shape index (κ3) is 3.09. The Morgan fingerprint density at radius 2 is 1.84 bits per heavy atom. The average Bonchev–Trinajstić information content (AvgIpc) is 3.32. The normalized spacial score (nSPS) is 17.7. The Labute approximate surface area is 174 Å². The summed E-state index contributed by atoms with van der Waals surface area (Å²) in [5.74, 6) is -5.21. The molecule has 0 radical (unpaired) electrons. The molecular formula is C19H12F4N4O5. The summed E-state index contributed by atoms with van der Waals surface area (Å²) in [4.78, 5) is 51.6. The van der Waals surface area contributed by atoms with Crippen LogP contribution in [0, 0.1) is 5.82 Å². The standard InChI is InChI=1S/C19H12F4N4O5/c20-11-6-2-1-5-10(11)14(28)26-18(19(21,22)23)12-13(24-16(18)30)27(17(31)25-15(12)29)8-9-4-3-7-32-9/h1-7H,8H2,(H,24,30)(H,26,28)(H,25,29,31)/t18-/m0/s1. The Kier molecular flexibility index (Phi) is 4.75. The molecule has 4 rings (SSSR count). The van der Waals surface area contributed by atoms with Crippen LogP contribution in [-0.4, -0.2) is 27.5 Å². The van der Waals surface area contributed by atoms with Crippen LogP contribution >= 0.6 is 0 Å². The number of carbonyl (C=O) groups is 2. The molecule has 0 saturated heterocycles. The highest BCUT2D eigenvalue weighted by Gasteiger charge is 2.68. The van der Waals surface area contributed by atoms with E-state index in [9.17, 15) is 36.7 Å². The number of alkyl halides is 3. The summed E-state index contributed by atoms with van der Waals surface area (Å²) in [6, 6.07) is 7.03. The van der Waals surface area contributed by atoms with Crippen LogP contribution in [-0.2, 0) is 16.9 Å². The van der Waals surface area contributed by atoms with Crippen molar-refractivity contribution in [2.24, 2.45) is 0 Å². The molecule has 13 heteroatoms. The van der Waals surface area contributed by atoms with Crippen LogP contribution in [0.2, 0.25) is 0 Å². The maximum Gasteiger partial charge on any atom is 0.425 e. The third-order valence-corrected chi connectivity index (χ3v) is 4.89. The van der Waals surface area contributed by atoms with Gasteiger partial charge in [-0.05, 0) is 24.3 Å². The molecule has 2 aromatic heterocycles. The molecule has 0 bridgehead atoms. The van der Waals surface area contributed by atoms with Gasteiger partial charge >= 0.3 is 11.9 Å². The number of halogens is 4. The first kappa shape index (κ1) is 21.1. The zero-order valence-electron chi connectivity index (χ0n) is 15.7. The SMILES string of the molecule is O=C(N[C@]1(C(F)(F)F)C(=O)Nc2c1c(=O)[nH]c(=O)n2Cc1ccco1)c1ccccc1F. The lowest BCUT2D eigenvalue weighted by Gasteiger charge is -2.30. The Morgan fingerprint density at radius 3 is 2.47 bits per heavy atom. The molecule has 0 spiro atoms. The van der Waals surface area contributed by atoms with Crippen LogP contribution in [0.5, 0.6) is 0 Å². The molecule has 32 heavy (non-hydrogen) atoms. The number of benzene rings is 1. The van der Waals surface area contributed by atoms with Crippen molar-refractivity contribution >= 4 is 17.6 Å². The fourth-order valence-corrected chi connectivity index (χ4v) is 3.42. The van der Waals surface area contributed by atoms with E-state index in [1.54, 1.807) is 4.98 Å². The molecule has 9 nitrogen and oxygen atoms in total. The maximum absolute atomic E-state index is 14.3.